The fourth-order valence-corrected chi connectivity index (χ4v) is 4.16. The number of fused-ring (bicyclic) bond motifs is 2. The van der Waals surface area contributed by atoms with Gasteiger partial charge in [0.15, 0.2) is 7.28 Å². The lowest BCUT2D eigenvalue weighted by molar-refractivity contribution is -0.137. The van der Waals surface area contributed by atoms with Gasteiger partial charge in [0.2, 0.25) is 0 Å². The molecule has 4 rings (SSSR count). The van der Waals surface area contributed by atoms with Gasteiger partial charge in [-0.2, -0.15) is 13.2 Å². The second-order valence-corrected chi connectivity index (χ2v) is 7.80. The summed E-state index contributed by atoms with van der Waals surface area (Å²) in [6.45, 7) is 5.96. The molecule has 2 aromatic rings. The summed E-state index contributed by atoms with van der Waals surface area (Å²) in [5.74, 6) is 0. The number of piperazine rings is 1. The summed E-state index contributed by atoms with van der Waals surface area (Å²) in [4.78, 5) is 6.86. The van der Waals surface area contributed by atoms with Crippen LogP contribution in [0.2, 0.25) is 0 Å². The summed E-state index contributed by atoms with van der Waals surface area (Å²) in [5, 5.41) is 0. The van der Waals surface area contributed by atoms with Crippen LogP contribution in [-0.2, 0) is 6.18 Å². The fraction of sp³-hybridized carbons (Fsp3) is 0.429. The topological polar surface area (TPSA) is 9.72 Å². The SMILES string of the molecule is CN1CCN(CCCN2c3ccccc3Bc3ccc(C(F)(F)F)cc32)CC1. The van der Waals surface area contributed by atoms with Crippen molar-refractivity contribution in [3.05, 3.63) is 48.0 Å². The molecule has 2 aliphatic rings. The Morgan fingerprint density at radius 1 is 0.893 bits per heavy atom. The van der Waals surface area contributed by atoms with E-state index in [-0.39, 0.29) is 0 Å². The predicted molar refractivity (Wildman–Crippen MR) is 110 cm³/mol. The van der Waals surface area contributed by atoms with Gasteiger partial charge in [-0.25, -0.2) is 0 Å². The summed E-state index contributed by atoms with van der Waals surface area (Å²) in [6, 6.07) is 12.2. The molecule has 0 amide bonds. The van der Waals surface area contributed by atoms with Crippen LogP contribution in [0, 0.1) is 0 Å². The maximum Gasteiger partial charge on any atom is 0.416 e. The number of halogens is 3. The van der Waals surface area contributed by atoms with Crippen molar-refractivity contribution in [1.29, 1.82) is 0 Å². The molecule has 0 aliphatic carbocycles. The van der Waals surface area contributed by atoms with E-state index in [1.807, 2.05) is 18.2 Å². The van der Waals surface area contributed by atoms with Gasteiger partial charge in [0.05, 0.1) is 5.56 Å². The number of benzene rings is 2. The summed E-state index contributed by atoms with van der Waals surface area (Å²) in [5.41, 5.74) is 3.30. The molecule has 2 aromatic carbocycles. The Kier molecular flexibility index (Phi) is 5.38. The third-order valence-electron chi connectivity index (χ3n) is 5.82. The van der Waals surface area contributed by atoms with E-state index in [4.69, 9.17) is 0 Å². The highest BCUT2D eigenvalue weighted by Crippen LogP contribution is 2.34. The highest BCUT2D eigenvalue weighted by molar-refractivity contribution is 6.71. The standard InChI is InChI=1S/C21H25BF3N3/c1-26-11-13-27(14-12-26)9-4-10-28-19-6-3-2-5-17(19)22-18-8-7-16(15-20(18)28)21(23,24)25/h2-3,5-8,15,22H,4,9-14H2,1H3. The van der Waals surface area contributed by atoms with Crippen LogP contribution in [0.15, 0.2) is 42.5 Å². The fourth-order valence-electron chi connectivity index (χ4n) is 4.16. The monoisotopic (exact) mass is 387 g/mol. The zero-order valence-electron chi connectivity index (χ0n) is 16.2. The number of hydrogen-bond donors (Lipinski definition) is 0. The molecular formula is C21H25BF3N3. The maximum absolute atomic E-state index is 13.3. The maximum atomic E-state index is 13.3. The number of anilines is 2. The molecule has 0 bridgehead atoms. The second-order valence-electron chi connectivity index (χ2n) is 7.80. The Bertz CT molecular complexity index is 832. The molecule has 2 heterocycles. The first kappa shape index (κ1) is 19.3. The molecule has 0 radical (unpaired) electrons. The smallest absolute Gasteiger partial charge is 0.342 e. The minimum atomic E-state index is -4.32. The van der Waals surface area contributed by atoms with Gasteiger partial charge in [-0.1, -0.05) is 41.3 Å². The third kappa shape index (κ3) is 4.05. The predicted octanol–water partition coefficient (Wildman–Crippen LogP) is 2.18. The highest BCUT2D eigenvalue weighted by Gasteiger charge is 2.33. The van der Waals surface area contributed by atoms with Crippen LogP contribution in [0.25, 0.3) is 0 Å². The second kappa shape index (κ2) is 7.80. The van der Waals surface area contributed by atoms with Crippen LogP contribution in [0.5, 0.6) is 0 Å². The summed E-state index contributed by atoms with van der Waals surface area (Å²) < 4.78 is 39.8. The van der Waals surface area contributed by atoms with Crippen LogP contribution in [0.4, 0.5) is 24.5 Å². The van der Waals surface area contributed by atoms with Gasteiger partial charge in [-0.15, -0.1) is 0 Å². The van der Waals surface area contributed by atoms with E-state index >= 15 is 0 Å². The van der Waals surface area contributed by atoms with Gasteiger partial charge in [0.25, 0.3) is 0 Å². The van der Waals surface area contributed by atoms with Crippen molar-refractivity contribution in [3.63, 3.8) is 0 Å². The zero-order valence-corrected chi connectivity index (χ0v) is 16.2. The largest absolute Gasteiger partial charge is 0.416 e. The van der Waals surface area contributed by atoms with E-state index in [0.717, 1.165) is 56.8 Å². The molecule has 0 saturated carbocycles. The third-order valence-corrected chi connectivity index (χ3v) is 5.82. The molecule has 0 atom stereocenters. The van der Waals surface area contributed by atoms with E-state index in [0.29, 0.717) is 13.0 Å². The Balaban J connectivity index is 1.55. The van der Waals surface area contributed by atoms with E-state index in [9.17, 15) is 13.2 Å². The van der Waals surface area contributed by atoms with E-state index in [2.05, 4.69) is 27.8 Å². The van der Waals surface area contributed by atoms with Crippen molar-refractivity contribution in [2.75, 3.05) is 51.2 Å². The molecular weight excluding hydrogens is 362 g/mol. The Morgan fingerprint density at radius 2 is 1.61 bits per heavy atom. The number of hydrogen-bond acceptors (Lipinski definition) is 3. The van der Waals surface area contributed by atoms with Gasteiger partial charge in [-0.05, 0) is 32.1 Å². The van der Waals surface area contributed by atoms with Crippen LogP contribution in [0.3, 0.4) is 0 Å². The number of rotatable bonds is 4. The average molecular weight is 387 g/mol. The van der Waals surface area contributed by atoms with Crippen LogP contribution >= 0.6 is 0 Å². The van der Waals surface area contributed by atoms with Crippen molar-refractivity contribution in [1.82, 2.24) is 9.80 Å². The quantitative estimate of drug-likeness (QED) is 0.745. The average Bonchev–Trinajstić information content (AvgIpc) is 2.68. The van der Waals surface area contributed by atoms with Gasteiger partial charge in [-0.3, -0.25) is 0 Å². The molecule has 3 nitrogen and oxygen atoms in total. The molecule has 1 saturated heterocycles. The molecule has 0 N–H and O–H groups in total. The summed E-state index contributed by atoms with van der Waals surface area (Å²) in [6.07, 6.45) is -3.40. The van der Waals surface area contributed by atoms with Crippen molar-refractivity contribution in [2.45, 2.75) is 12.6 Å². The van der Waals surface area contributed by atoms with Gasteiger partial charge >= 0.3 is 6.18 Å². The molecule has 2 aliphatic heterocycles. The Hall–Kier alpha value is -1.99. The van der Waals surface area contributed by atoms with E-state index in [1.54, 1.807) is 6.07 Å². The van der Waals surface area contributed by atoms with Crippen molar-refractivity contribution in [2.24, 2.45) is 0 Å². The minimum Gasteiger partial charge on any atom is -0.342 e. The number of para-hydroxylation sites is 1. The van der Waals surface area contributed by atoms with Crippen LogP contribution in [-0.4, -0.2) is 63.4 Å². The lowest BCUT2D eigenvalue weighted by Gasteiger charge is -2.36. The van der Waals surface area contributed by atoms with Crippen molar-refractivity contribution < 1.29 is 13.2 Å². The number of likely N-dealkylation sites (N-methyl/N-ethyl adjacent to an activating group) is 1. The van der Waals surface area contributed by atoms with Gasteiger partial charge < -0.3 is 14.7 Å². The Labute approximate surface area is 165 Å². The molecule has 1 fully saturated rings. The van der Waals surface area contributed by atoms with Crippen LogP contribution in [0.1, 0.15) is 12.0 Å². The summed E-state index contributed by atoms with van der Waals surface area (Å²) in [7, 11) is 2.82. The van der Waals surface area contributed by atoms with E-state index in [1.165, 1.54) is 17.6 Å². The van der Waals surface area contributed by atoms with Crippen molar-refractivity contribution >= 4 is 29.6 Å². The number of nitrogens with zero attached hydrogens (tertiary/aromatic N) is 3. The van der Waals surface area contributed by atoms with Gasteiger partial charge in [0.1, 0.15) is 0 Å². The first-order valence-electron chi connectivity index (χ1n) is 9.88. The lowest BCUT2D eigenvalue weighted by Crippen LogP contribution is -2.46. The highest BCUT2D eigenvalue weighted by atomic mass is 19.4. The molecule has 28 heavy (non-hydrogen) atoms. The first-order chi connectivity index (χ1) is 13.4. The van der Waals surface area contributed by atoms with Gasteiger partial charge in [0, 0.05) is 44.1 Å². The molecule has 0 unspecified atom stereocenters. The zero-order chi connectivity index (χ0) is 19.7. The molecule has 0 aromatic heterocycles. The first-order valence-corrected chi connectivity index (χ1v) is 9.88. The molecule has 148 valence electrons. The summed E-state index contributed by atoms with van der Waals surface area (Å²) >= 11 is 0. The van der Waals surface area contributed by atoms with E-state index < -0.39 is 11.7 Å². The van der Waals surface area contributed by atoms with Crippen LogP contribution < -0.4 is 15.8 Å². The lowest BCUT2D eigenvalue weighted by atomic mass is 9.60. The molecule has 0 spiro atoms. The Morgan fingerprint density at radius 3 is 2.36 bits per heavy atom. The normalized spacial score (nSPS) is 17.8. The molecule has 7 heteroatoms. The number of alkyl halides is 3. The minimum absolute atomic E-state index is 0.574. The van der Waals surface area contributed by atoms with Crippen molar-refractivity contribution in [3.8, 4) is 0 Å².